The van der Waals surface area contributed by atoms with Crippen molar-refractivity contribution in [1.29, 1.82) is 0 Å². The number of rotatable bonds is 4. The molecule has 1 saturated heterocycles. The number of aromatic nitrogens is 4. The molecule has 3 aromatic rings. The molecule has 0 unspecified atom stereocenters. The van der Waals surface area contributed by atoms with Crippen LogP contribution in [0.3, 0.4) is 0 Å². The highest BCUT2D eigenvalue weighted by Crippen LogP contribution is 2.23. The summed E-state index contributed by atoms with van der Waals surface area (Å²) < 4.78 is 7.55. The summed E-state index contributed by atoms with van der Waals surface area (Å²) in [5.41, 5.74) is 4.90. The van der Waals surface area contributed by atoms with Crippen molar-refractivity contribution in [2.24, 2.45) is 0 Å². The Morgan fingerprint density at radius 2 is 2.07 bits per heavy atom. The molecule has 0 saturated carbocycles. The van der Waals surface area contributed by atoms with Gasteiger partial charge in [0.05, 0.1) is 18.8 Å². The van der Waals surface area contributed by atoms with Crippen LogP contribution in [-0.2, 0) is 16.0 Å². The van der Waals surface area contributed by atoms with Crippen molar-refractivity contribution >= 4 is 11.6 Å². The number of aryl methyl sites for hydroxylation is 2. The van der Waals surface area contributed by atoms with Crippen LogP contribution in [0.5, 0.6) is 0 Å². The van der Waals surface area contributed by atoms with Crippen LogP contribution in [-0.4, -0.2) is 50.3 Å². The fourth-order valence-corrected chi connectivity index (χ4v) is 3.68. The van der Waals surface area contributed by atoms with E-state index in [0.29, 0.717) is 32.5 Å². The highest BCUT2D eigenvalue weighted by Gasteiger charge is 2.25. The molecule has 2 aromatic heterocycles. The summed E-state index contributed by atoms with van der Waals surface area (Å²) in [4.78, 5) is 14.7. The van der Waals surface area contributed by atoms with Crippen molar-refractivity contribution in [3.63, 3.8) is 0 Å². The van der Waals surface area contributed by atoms with Gasteiger partial charge in [-0.25, -0.2) is 4.52 Å². The van der Waals surface area contributed by atoms with Crippen LogP contribution in [0, 0.1) is 13.8 Å². The summed E-state index contributed by atoms with van der Waals surface area (Å²) in [6, 6.07) is 10.1. The van der Waals surface area contributed by atoms with Gasteiger partial charge in [-0.05, 0) is 31.4 Å². The van der Waals surface area contributed by atoms with Crippen LogP contribution in [0.4, 0.5) is 0 Å². The van der Waals surface area contributed by atoms with Crippen LogP contribution < -0.4 is 0 Å². The smallest absolute Gasteiger partial charge is 0.223 e. The van der Waals surface area contributed by atoms with Crippen molar-refractivity contribution in [3.05, 3.63) is 59.0 Å². The zero-order chi connectivity index (χ0) is 18.8. The number of benzene rings is 1. The molecular weight excluding hydrogens is 342 g/mol. The fraction of sp³-hybridized carbons (Fsp3) is 0.400. The van der Waals surface area contributed by atoms with Gasteiger partial charge in [-0.1, -0.05) is 30.3 Å². The molecule has 3 heterocycles. The molecule has 0 aliphatic carbocycles. The average Bonchev–Trinajstić information content (AvgIpc) is 3.17. The molecule has 1 amide bonds. The summed E-state index contributed by atoms with van der Waals surface area (Å²) in [6.07, 6.45) is 2.65. The van der Waals surface area contributed by atoms with Gasteiger partial charge < -0.3 is 9.64 Å². The molecule has 27 heavy (non-hydrogen) atoms. The number of carbonyl (C=O) groups is 1. The first kappa shape index (κ1) is 17.6. The Balaban J connectivity index is 1.44. The van der Waals surface area contributed by atoms with Gasteiger partial charge in [-0.3, -0.25) is 4.79 Å². The van der Waals surface area contributed by atoms with Gasteiger partial charge in [-0.2, -0.15) is 5.10 Å². The molecule has 140 valence electrons. The molecular formula is C20H23N5O2. The number of carbonyl (C=O) groups excluding carboxylic acids is 1. The monoisotopic (exact) mass is 365 g/mol. The summed E-state index contributed by atoms with van der Waals surface area (Å²) in [6.45, 7) is 5.78. The number of hydrogen-bond donors (Lipinski definition) is 0. The predicted molar refractivity (Wildman–Crippen MR) is 100 cm³/mol. The van der Waals surface area contributed by atoms with Crippen molar-refractivity contribution in [3.8, 4) is 0 Å². The van der Waals surface area contributed by atoms with E-state index in [2.05, 4.69) is 15.3 Å². The quantitative estimate of drug-likeness (QED) is 0.709. The highest BCUT2D eigenvalue weighted by atomic mass is 16.5. The normalized spacial score (nSPS) is 17.4. The number of morpholine rings is 1. The lowest BCUT2D eigenvalue weighted by Crippen LogP contribution is -2.42. The largest absolute Gasteiger partial charge is 0.370 e. The standard InChI is InChI=1S/C20H23N5O2/c1-14-17(15(2)23-25-13-21-22-20(14)25)8-9-19(26)24-10-11-27-18(12-24)16-6-4-3-5-7-16/h3-7,13,18H,8-12H2,1-2H3/t18-/m1/s1. The van der Waals surface area contributed by atoms with E-state index >= 15 is 0 Å². The summed E-state index contributed by atoms with van der Waals surface area (Å²) >= 11 is 0. The minimum atomic E-state index is -0.0543. The Kier molecular flexibility index (Phi) is 4.85. The van der Waals surface area contributed by atoms with E-state index in [-0.39, 0.29) is 12.0 Å². The molecule has 0 N–H and O–H groups in total. The molecule has 0 radical (unpaired) electrons. The molecule has 1 aliphatic rings. The Labute approximate surface area is 158 Å². The van der Waals surface area contributed by atoms with Crippen molar-refractivity contribution in [2.75, 3.05) is 19.7 Å². The number of amides is 1. The van der Waals surface area contributed by atoms with Gasteiger partial charge in [0.15, 0.2) is 5.65 Å². The van der Waals surface area contributed by atoms with E-state index in [1.807, 2.05) is 49.1 Å². The van der Waals surface area contributed by atoms with Crippen molar-refractivity contribution < 1.29 is 9.53 Å². The molecule has 1 aliphatic heterocycles. The second kappa shape index (κ2) is 7.44. The maximum Gasteiger partial charge on any atom is 0.223 e. The topological polar surface area (TPSA) is 72.6 Å². The van der Waals surface area contributed by atoms with Gasteiger partial charge in [-0.15, -0.1) is 10.2 Å². The molecule has 4 rings (SSSR count). The van der Waals surface area contributed by atoms with Crippen LogP contribution in [0.15, 0.2) is 36.7 Å². The first-order valence-electron chi connectivity index (χ1n) is 9.24. The van der Waals surface area contributed by atoms with Crippen LogP contribution in [0.2, 0.25) is 0 Å². The van der Waals surface area contributed by atoms with Gasteiger partial charge in [0.1, 0.15) is 12.4 Å². The molecule has 1 fully saturated rings. The molecule has 0 bridgehead atoms. The fourth-order valence-electron chi connectivity index (χ4n) is 3.68. The Morgan fingerprint density at radius 1 is 1.26 bits per heavy atom. The van der Waals surface area contributed by atoms with E-state index in [0.717, 1.165) is 28.0 Å². The van der Waals surface area contributed by atoms with Gasteiger partial charge >= 0.3 is 0 Å². The first-order chi connectivity index (χ1) is 13.1. The molecule has 7 nitrogen and oxygen atoms in total. The SMILES string of the molecule is Cc1nn2cnnc2c(C)c1CCC(=O)N1CCO[C@@H](c2ccccc2)C1. The predicted octanol–water partition coefficient (Wildman–Crippen LogP) is 2.27. The van der Waals surface area contributed by atoms with Crippen molar-refractivity contribution in [2.45, 2.75) is 32.8 Å². The Morgan fingerprint density at radius 3 is 2.89 bits per heavy atom. The maximum atomic E-state index is 12.8. The second-order valence-electron chi connectivity index (χ2n) is 6.90. The lowest BCUT2D eigenvalue weighted by Gasteiger charge is -2.33. The Hall–Kier alpha value is -2.80. The van der Waals surface area contributed by atoms with Crippen LogP contribution in [0.25, 0.3) is 5.65 Å². The van der Waals surface area contributed by atoms with Crippen LogP contribution in [0.1, 0.15) is 34.9 Å². The van der Waals surface area contributed by atoms with Gasteiger partial charge in [0.2, 0.25) is 5.91 Å². The number of fused-ring (bicyclic) bond motifs is 1. The summed E-state index contributed by atoms with van der Waals surface area (Å²) in [5.74, 6) is 0.152. The molecule has 7 heteroatoms. The van der Waals surface area contributed by atoms with Gasteiger partial charge in [0, 0.05) is 18.5 Å². The average molecular weight is 365 g/mol. The summed E-state index contributed by atoms with van der Waals surface area (Å²) in [7, 11) is 0. The molecule has 1 aromatic carbocycles. The zero-order valence-electron chi connectivity index (χ0n) is 15.6. The van der Waals surface area contributed by atoms with E-state index in [9.17, 15) is 4.79 Å². The minimum absolute atomic E-state index is 0.0543. The van der Waals surface area contributed by atoms with E-state index in [4.69, 9.17) is 4.74 Å². The third kappa shape index (κ3) is 3.55. The Bertz CT molecular complexity index is 954. The number of ether oxygens (including phenoxy) is 1. The maximum absolute atomic E-state index is 12.8. The molecule has 0 spiro atoms. The lowest BCUT2D eigenvalue weighted by atomic mass is 10.0. The highest BCUT2D eigenvalue weighted by molar-refractivity contribution is 5.76. The number of nitrogens with zero attached hydrogens (tertiary/aromatic N) is 5. The first-order valence-corrected chi connectivity index (χ1v) is 9.24. The third-order valence-corrected chi connectivity index (χ3v) is 5.19. The van der Waals surface area contributed by atoms with Gasteiger partial charge in [0.25, 0.3) is 0 Å². The van der Waals surface area contributed by atoms with E-state index < -0.39 is 0 Å². The number of hydrogen-bond acceptors (Lipinski definition) is 5. The van der Waals surface area contributed by atoms with Crippen LogP contribution >= 0.6 is 0 Å². The lowest BCUT2D eigenvalue weighted by molar-refractivity contribution is -0.139. The second-order valence-corrected chi connectivity index (χ2v) is 6.90. The van der Waals surface area contributed by atoms with E-state index in [1.54, 1.807) is 10.8 Å². The minimum Gasteiger partial charge on any atom is -0.370 e. The third-order valence-electron chi connectivity index (χ3n) is 5.19. The van der Waals surface area contributed by atoms with E-state index in [1.165, 1.54) is 0 Å². The van der Waals surface area contributed by atoms with Crippen molar-refractivity contribution in [1.82, 2.24) is 24.7 Å². The molecule has 1 atom stereocenters. The zero-order valence-corrected chi connectivity index (χ0v) is 15.6. The summed E-state index contributed by atoms with van der Waals surface area (Å²) in [5, 5.41) is 12.5.